The summed E-state index contributed by atoms with van der Waals surface area (Å²) in [6, 6.07) is 14.2. The van der Waals surface area contributed by atoms with Crippen LogP contribution in [0.2, 0.25) is 0 Å². The van der Waals surface area contributed by atoms with Gasteiger partial charge in [0.25, 0.3) is 0 Å². The Kier molecular flexibility index (Phi) is 2.63. The van der Waals surface area contributed by atoms with Gasteiger partial charge >= 0.3 is 6.18 Å². The van der Waals surface area contributed by atoms with Crippen LogP contribution in [0, 0.1) is 0 Å². The van der Waals surface area contributed by atoms with Crippen LogP contribution in [-0.2, 0) is 6.42 Å². The molecule has 4 rings (SSSR count). The van der Waals surface area contributed by atoms with Crippen LogP contribution < -0.4 is 0 Å². The lowest BCUT2D eigenvalue weighted by atomic mass is 10.2. The lowest BCUT2D eigenvalue weighted by Gasteiger charge is -2.10. The molecule has 0 aliphatic heterocycles. The number of benzene rings is 2. The first-order chi connectivity index (χ1) is 10.5. The van der Waals surface area contributed by atoms with Crippen molar-refractivity contribution in [2.24, 2.45) is 0 Å². The van der Waals surface area contributed by atoms with Crippen LogP contribution in [0.4, 0.5) is 13.2 Å². The minimum absolute atomic E-state index is 0.0464. The summed E-state index contributed by atoms with van der Waals surface area (Å²) in [5.41, 5.74) is 2.31. The van der Waals surface area contributed by atoms with Crippen molar-refractivity contribution in [1.29, 1.82) is 0 Å². The van der Waals surface area contributed by atoms with Crippen LogP contribution in [0.1, 0.15) is 5.82 Å². The van der Waals surface area contributed by atoms with Gasteiger partial charge in [-0.15, -0.1) is 0 Å². The number of hydrogen-bond acceptors (Lipinski definition) is 2. The number of fused-ring (bicyclic) bond motifs is 5. The van der Waals surface area contributed by atoms with E-state index in [1.165, 1.54) is 4.40 Å². The van der Waals surface area contributed by atoms with Crippen LogP contribution in [-0.4, -0.2) is 20.5 Å². The van der Waals surface area contributed by atoms with Crippen molar-refractivity contribution in [3.63, 3.8) is 0 Å². The number of aromatic nitrogens is 3. The first kappa shape index (κ1) is 13.1. The highest BCUT2D eigenvalue weighted by molar-refractivity contribution is 5.96. The maximum Gasteiger partial charge on any atom is 0.396 e. The topological polar surface area (TPSA) is 30.2 Å². The summed E-state index contributed by atoms with van der Waals surface area (Å²) in [6.45, 7) is 0. The molecule has 0 saturated carbocycles. The van der Waals surface area contributed by atoms with Crippen molar-refractivity contribution in [2.75, 3.05) is 0 Å². The van der Waals surface area contributed by atoms with Crippen molar-refractivity contribution in [3.8, 4) is 0 Å². The standard InChI is InChI=1S/C16H10F3N3/c17-16(18,19)9-14-20-11-6-2-1-5-10(11)15-21-12-7-3-4-8-13(12)22(14)15/h1-8H,9H2. The summed E-state index contributed by atoms with van der Waals surface area (Å²) in [4.78, 5) is 8.70. The molecular weight excluding hydrogens is 291 g/mol. The van der Waals surface area contributed by atoms with Gasteiger partial charge in [-0.25, -0.2) is 9.97 Å². The summed E-state index contributed by atoms with van der Waals surface area (Å²) >= 11 is 0. The second-order valence-electron chi connectivity index (χ2n) is 5.10. The van der Waals surface area contributed by atoms with Crippen molar-refractivity contribution in [3.05, 3.63) is 54.4 Å². The van der Waals surface area contributed by atoms with E-state index in [9.17, 15) is 13.2 Å². The van der Waals surface area contributed by atoms with Crippen LogP contribution in [0.25, 0.3) is 27.6 Å². The second kappa shape index (κ2) is 4.43. The van der Waals surface area contributed by atoms with Gasteiger partial charge in [-0.05, 0) is 24.3 Å². The minimum atomic E-state index is -4.33. The largest absolute Gasteiger partial charge is 0.396 e. The highest BCUT2D eigenvalue weighted by atomic mass is 19.4. The molecular formula is C16H10F3N3. The van der Waals surface area contributed by atoms with Gasteiger partial charge in [-0.1, -0.05) is 24.3 Å². The third-order valence-electron chi connectivity index (χ3n) is 3.57. The summed E-state index contributed by atoms with van der Waals surface area (Å²) in [5, 5.41) is 0.740. The SMILES string of the molecule is FC(F)(F)Cc1nc2ccccc2c2nc3ccccc3n12. The minimum Gasteiger partial charge on any atom is -0.279 e. The quantitative estimate of drug-likeness (QED) is 0.529. The Morgan fingerprint density at radius 2 is 1.55 bits per heavy atom. The van der Waals surface area contributed by atoms with Crippen molar-refractivity contribution in [1.82, 2.24) is 14.4 Å². The molecule has 0 amide bonds. The molecule has 2 aromatic carbocycles. The molecule has 4 aromatic rings. The van der Waals surface area contributed by atoms with Gasteiger partial charge in [0.05, 0.1) is 16.6 Å². The zero-order valence-electron chi connectivity index (χ0n) is 11.3. The maximum absolute atomic E-state index is 12.9. The molecule has 0 bridgehead atoms. The third kappa shape index (κ3) is 1.99. The molecule has 6 heteroatoms. The molecule has 0 radical (unpaired) electrons. The first-order valence-corrected chi connectivity index (χ1v) is 6.74. The van der Waals surface area contributed by atoms with Crippen LogP contribution >= 0.6 is 0 Å². The van der Waals surface area contributed by atoms with E-state index < -0.39 is 12.6 Å². The van der Waals surface area contributed by atoms with E-state index >= 15 is 0 Å². The van der Waals surface area contributed by atoms with Gasteiger partial charge in [0.15, 0.2) is 0 Å². The molecule has 0 unspecified atom stereocenters. The van der Waals surface area contributed by atoms with E-state index in [0.29, 0.717) is 22.2 Å². The van der Waals surface area contributed by atoms with Gasteiger partial charge in [-0.3, -0.25) is 4.40 Å². The molecule has 2 heterocycles. The second-order valence-corrected chi connectivity index (χ2v) is 5.10. The number of alkyl halides is 3. The maximum atomic E-state index is 12.9. The molecule has 22 heavy (non-hydrogen) atoms. The Morgan fingerprint density at radius 3 is 2.32 bits per heavy atom. The molecule has 0 aliphatic rings. The van der Waals surface area contributed by atoms with Gasteiger partial charge in [0.1, 0.15) is 17.9 Å². The van der Waals surface area contributed by atoms with E-state index in [0.717, 1.165) is 5.39 Å². The molecule has 2 aromatic heterocycles. The van der Waals surface area contributed by atoms with E-state index in [1.54, 1.807) is 30.3 Å². The molecule has 0 saturated heterocycles. The average molecular weight is 301 g/mol. The van der Waals surface area contributed by atoms with E-state index in [-0.39, 0.29) is 5.82 Å². The lowest BCUT2D eigenvalue weighted by Crippen LogP contribution is -2.16. The van der Waals surface area contributed by atoms with Crippen LogP contribution in [0.15, 0.2) is 48.5 Å². The van der Waals surface area contributed by atoms with E-state index in [1.807, 2.05) is 18.2 Å². The number of rotatable bonds is 1. The Hall–Kier alpha value is -2.63. The fraction of sp³-hybridized carbons (Fsp3) is 0.125. The van der Waals surface area contributed by atoms with Crippen molar-refractivity contribution in [2.45, 2.75) is 12.6 Å². The fourth-order valence-electron chi connectivity index (χ4n) is 2.72. The molecule has 0 aliphatic carbocycles. The number of nitrogens with zero attached hydrogens (tertiary/aromatic N) is 3. The van der Waals surface area contributed by atoms with Gasteiger partial charge in [0.2, 0.25) is 0 Å². The predicted octanol–water partition coefficient (Wildman–Crippen LogP) is 4.14. The smallest absolute Gasteiger partial charge is 0.279 e. The zero-order valence-corrected chi connectivity index (χ0v) is 11.3. The summed E-state index contributed by atoms with van der Waals surface area (Å²) < 4.78 is 40.2. The number of hydrogen-bond donors (Lipinski definition) is 0. The van der Waals surface area contributed by atoms with Crippen molar-refractivity contribution < 1.29 is 13.2 Å². The lowest BCUT2D eigenvalue weighted by molar-refractivity contribution is -0.128. The Morgan fingerprint density at radius 1 is 0.864 bits per heavy atom. The van der Waals surface area contributed by atoms with Gasteiger partial charge in [-0.2, -0.15) is 13.2 Å². The number of imidazole rings is 1. The Labute approximate surface area is 123 Å². The monoisotopic (exact) mass is 301 g/mol. The van der Waals surface area contributed by atoms with E-state index in [2.05, 4.69) is 9.97 Å². The molecule has 0 fully saturated rings. The molecule has 0 N–H and O–H groups in total. The Bertz CT molecular complexity index is 1000. The zero-order chi connectivity index (χ0) is 15.3. The average Bonchev–Trinajstić information content (AvgIpc) is 2.85. The normalized spacial score (nSPS) is 12.5. The summed E-state index contributed by atoms with van der Waals surface area (Å²) in [6.07, 6.45) is -5.41. The van der Waals surface area contributed by atoms with Gasteiger partial charge in [0, 0.05) is 5.39 Å². The van der Waals surface area contributed by atoms with Crippen molar-refractivity contribution >= 4 is 27.6 Å². The molecule has 0 atom stereocenters. The summed E-state index contributed by atoms with van der Waals surface area (Å²) in [7, 11) is 0. The van der Waals surface area contributed by atoms with Crippen LogP contribution in [0.5, 0.6) is 0 Å². The number of para-hydroxylation sites is 3. The fourth-order valence-corrected chi connectivity index (χ4v) is 2.72. The highest BCUT2D eigenvalue weighted by Gasteiger charge is 2.30. The Balaban J connectivity index is 2.19. The highest BCUT2D eigenvalue weighted by Crippen LogP contribution is 2.28. The summed E-state index contributed by atoms with van der Waals surface area (Å²) in [5.74, 6) is -0.0464. The first-order valence-electron chi connectivity index (χ1n) is 6.74. The van der Waals surface area contributed by atoms with Gasteiger partial charge < -0.3 is 0 Å². The molecule has 110 valence electrons. The van der Waals surface area contributed by atoms with E-state index in [4.69, 9.17) is 0 Å². The predicted molar refractivity (Wildman–Crippen MR) is 77.8 cm³/mol. The molecule has 3 nitrogen and oxygen atoms in total. The third-order valence-corrected chi connectivity index (χ3v) is 3.57. The molecule has 0 spiro atoms. The van der Waals surface area contributed by atoms with Crippen LogP contribution in [0.3, 0.4) is 0 Å². The number of halogens is 3.